The monoisotopic (exact) mass is 305 g/mol. The predicted octanol–water partition coefficient (Wildman–Crippen LogP) is 2.23. The zero-order valence-corrected chi connectivity index (χ0v) is 12.0. The van der Waals surface area contributed by atoms with Gasteiger partial charge in [0.05, 0.1) is 6.54 Å². The maximum Gasteiger partial charge on any atom is 0.401 e. The molecule has 1 N–H and O–H groups in total. The zero-order chi connectivity index (χ0) is 15.3. The minimum Gasteiger partial charge on any atom is -0.338 e. The third-order valence-electron chi connectivity index (χ3n) is 3.98. The van der Waals surface area contributed by atoms with Gasteiger partial charge in [-0.25, -0.2) is 4.79 Å². The zero-order valence-electron chi connectivity index (χ0n) is 12.0. The molecule has 0 aromatic rings. The number of halogens is 3. The second-order valence-corrected chi connectivity index (χ2v) is 5.71. The molecule has 0 aromatic heterocycles. The van der Waals surface area contributed by atoms with E-state index in [1.165, 1.54) is 4.90 Å². The first-order valence-corrected chi connectivity index (χ1v) is 7.41. The van der Waals surface area contributed by atoms with Crippen LogP contribution in [0, 0.1) is 5.92 Å². The molecule has 21 heavy (non-hydrogen) atoms. The number of carbonyl (C=O) groups excluding carboxylic acids is 1. The molecular formula is C14H22F3N3O. The number of allylic oxidation sites excluding steroid dienone is 2. The molecule has 120 valence electrons. The van der Waals surface area contributed by atoms with E-state index in [9.17, 15) is 18.0 Å². The highest BCUT2D eigenvalue weighted by Crippen LogP contribution is 2.18. The summed E-state index contributed by atoms with van der Waals surface area (Å²) in [5.41, 5.74) is 0. The summed E-state index contributed by atoms with van der Waals surface area (Å²) in [6, 6.07) is -0.156. The number of alkyl halides is 3. The summed E-state index contributed by atoms with van der Waals surface area (Å²) in [5, 5.41) is 2.90. The first kappa shape index (κ1) is 16.1. The van der Waals surface area contributed by atoms with E-state index in [0.717, 1.165) is 19.3 Å². The minimum absolute atomic E-state index is 0.156. The van der Waals surface area contributed by atoms with E-state index in [2.05, 4.69) is 17.5 Å². The molecule has 1 unspecified atom stereocenters. The third kappa shape index (κ3) is 5.57. The largest absolute Gasteiger partial charge is 0.401 e. The molecule has 0 radical (unpaired) electrons. The number of hydrogen-bond acceptors (Lipinski definition) is 2. The summed E-state index contributed by atoms with van der Waals surface area (Å²) < 4.78 is 36.8. The van der Waals surface area contributed by atoms with Crippen LogP contribution in [-0.4, -0.2) is 61.3 Å². The fourth-order valence-corrected chi connectivity index (χ4v) is 2.75. The molecule has 2 rings (SSSR count). The Kier molecular flexibility index (Phi) is 5.50. The fraction of sp³-hybridized carbons (Fsp3) is 0.786. The van der Waals surface area contributed by atoms with Gasteiger partial charge in [0.15, 0.2) is 0 Å². The molecule has 1 fully saturated rings. The summed E-state index contributed by atoms with van der Waals surface area (Å²) in [6.45, 7) is 1.01. The van der Waals surface area contributed by atoms with Gasteiger partial charge in [-0.15, -0.1) is 0 Å². The van der Waals surface area contributed by atoms with E-state index in [-0.39, 0.29) is 19.1 Å². The van der Waals surface area contributed by atoms with Crippen LogP contribution < -0.4 is 5.32 Å². The van der Waals surface area contributed by atoms with Gasteiger partial charge in [-0.05, 0) is 25.2 Å². The summed E-state index contributed by atoms with van der Waals surface area (Å²) in [6.07, 6.45) is 3.24. The van der Waals surface area contributed by atoms with Crippen molar-refractivity contribution >= 4 is 6.03 Å². The number of urea groups is 1. The van der Waals surface area contributed by atoms with Gasteiger partial charge in [0, 0.05) is 32.7 Å². The van der Waals surface area contributed by atoms with Gasteiger partial charge >= 0.3 is 12.2 Å². The molecular weight excluding hydrogens is 283 g/mol. The minimum atomic E-state index is -4.17. The lowest BCUT2D eigenvalue weighted by Crippen LogP contribution is -2.53. The van der Waals surface area contributed by atoms with Crippen molar-refractivity contribution < 1.29 is 18.0 Å². The highest BCUT2D eigenvalue weighted by Gasteiger charge is 2.32. The molecule has 2 amide bonds. The highest BCUT2D eigenvalue weighted by atomic mass is 19.4. The number of piperazine rings is 1. The van der Waals surface area contributed by atoms with Crippen LogP contribution in [0.15, 0.2) is 12.2 Å². The van der Waals surface area contributed by atoms with Crippen molar-refractivity contribution in [2.24, 2.45) is 5.92 Å². The molecule has 1 aliphatic carbocycles. The summed E-state index contributed by atoms with van der Waals surface area (Å²) in [7, 11) is 0. The maximum absolute atomic E-state index is 12.3. The van der Waals surface area contributed by atoms with Crippen molar-refractivity contribution in [3.8, 4) is 0 Å². The van der Waals surface area contributed by atoms with E-state index in [1.807, 2.05) is 0 Å². The predicted molar refractivity (Wildman–Crippen MR) is 73.9 cm³/mol. The Morgan fingerprint density at radius 2 is 1.90 bits per heavy atom. The van der Waals surface area contributed by atoms with Crippen molar-refractivity contribution in [3.63, 3.8) is 0 Å². The Bertz CT molecular complexity index is 376. The second-order valence-electron chi connectivity index (χ2n) is 5.71. The molecule has 1 heterocycles. The highest BCUT2D eigenvalue weighted by molar-refractivity contribution is 5.74. The lowest BCUT2D eigenvalue weighted by molar-refractivity contribution is -0.148. The van der Waals surface area contributed by atoms with Gasteiger partial charge in [0.25, 0.3) is 0 Å². The molecule has 0 saturated carbocycles. The standard InChI is InChI=1S/C14H22F3N3O/c15-14(16,17)11-19-6-8-20(9-7-19)13(21)18-10-12-4-2-1-3-5-12/h1-2,12H,3-11H2,(H,18,21). The van der Waals surface area contributed by atoms with Crippen LogP contribution in [0.4, 0.5) is 18.0 Å². The van der Waals surface area contributed by atoms with Gasteiger partial charge in [-0.1, -0.05) is 12.2 Å². The maximum atomic E-state index is 12.3. The number of rotatable bonds is 3. The van der Waals surface area contributed by atoms with E-state index < -0.39 is 12.7 Å². The van der Waals surface area contributed by atoms with E-state index in [1.54, 1.807) is 4.90 Å². The topological polar surface area (TPSA) is 35.6 Å². The molecule has 1 atom stereocenters. The van der Waals surface area contributed by atoms with Gasteiger partial charge < -0.3 is 10.2 Å². The average molecular weight is 305 g/mol. The van der Waals surface area contributed by atoms with Crippen molar-refractivity contribution in [1.29, 1.82) is 0 Å². The molecule has 7 heteroatoms. The van der Waals surface area contributed by atoms with Crippen LogP contribution in [-0.2, 0) is 0 Å². The fourth-order valence-electron chi connectivity index (χ4n) is 2.75. The lowest BCUT2D eigenvalue weighted by atomic mass is 9.94. The molecule has 1 saturated heterocycles. The summed E-state index contributed by atoms with van der Waals surface area (Å²) in [4.78, 5) is 14.9. The van der Waals surface area contributed by atoms with Crippen molar-refractivity contribution in [3.05, 3.63) is 12.2 Å². The van der Waals surface area contributed by atoms with Gasteiger partial charge in [0.1, 0.15) is 0 Å². The quantitative estimate of drug-likeness (QED) is 0.812. The van der Waals surface area contributed by atoms with E-state index >= 15 is 0 Å². The van der Waals surface area contributed by atoms with Crippen molar-refractivity contribution in [2.45, 2.75) is 25.4 Å². The lowest BCUT2D eigenvalue weighted by Gasteiger charge is -2.35. The first-order valence-electron chi connectivity index (χ1n) is 7.41. The van der Waals surface area contributed by atoms with E-state index in [4.69, 9.17) is 0 Å². The van der Waals surface area contributed by atoms with Crippen LogP contribution in [0.5, 0.6) is 0 Å². The Labute approximate surface area is 123 Å². The Balaban J connectivity index is 1.67. The second kappa shape index (κ2) is 7.15. The van der Waals surface area contributed by atoms with Crippen molar-refractivity contribution in [1.82, 2.24) is 15.1 Å². The number of amides is 2. The Hall–Kier alpha value is -1.24. The molecule has 0 spiro atoms. The number of hydrogen-bond donors (Lipinski definition) is 1. The van der Waals surface area contributed by atoms with Crippen LogP contribution in [0.25, 0.3) is 0 Å². The van der Waals surface area contributed by atoms with Gasteiger partial charge in [-0.3, -0.25) is 4.90 Å². The molecule has 0 bridgehead atoms. The smallest absolute Gasteiger partial charge is 0.338 e. The SMILES string of the molecule is O=C(NCC1CC=CCC1)N1CCN(CC(F)(F)F)CC1. The van der Waals surface area contributed by atoms with Crippen LogP contribution >= 0.6 is 0 Å². The third-order valence-corrected chi connectivity index (χ3v) is 3.98. The Morgan fingerprint density at radius 1 is 1.19 bits per heavy atom. The first-order chi connectivity index (χ1) is 9.94. The van der Waals surface area contributed by atoms with Crippen LogP contribution in [0.1, 0.15) is 19.3 Å². The molecule has 0 aromatic carbocycles. The van der Waals surface area contributed by atoms with E-state index in [0.29, 0.717) is 25.6 Å². The Morgan fingerprint density at radius 3 is 2.48 bits per heavy atom. The number of nitrogens with zero attached hydrogens (tertiary/aromatic N) is 2. The van der Waals surface area contributed by atoms with Gasteiger partial charge in [0.2, 0.25) is 0 Å². The number of nitrogens with one attached hydrogen (secondary N) is 1. The average Bonchev–Trinajstić information content (AvgIpc) is 2.45. The molecule has 2 aliphatic rings. The molecule has 4 nitrogen and oxygen atoms in total. The van der Waals surface area contributed by atoms with Crippen LogP contribution in [0.2, 0.25) is 0 Å². The molecule has 1 aliphatic heterocycles. The number of carbonyl (C=O) groups is 1. The van der Waals surface area contributed by atoms with Crippen molar-refractivity contribution in [2.75, 3.05) is 39.3 Å². The van der Waals surface area contributed by atoms with Gasteiger partial charge in [-0.2, -0.15) is 13.2 Å². The van der Waals surface area contributed by atoms with Crippen LogP contribution in [0.3, 0.4) is 0 Å². The normalized spacial score (nSPS) is 24.1. The summed E-state index contributed by atoms with van der Waals surface area (Å²) >= 11 is 0. The summed E-state index contributed by atoms with van der Waals surface area (Å²) in [5.74, 6) is 0.477.